The van der Waals surface area contributed by atoms with E-state index in [4.69, 9.17) is 0 Å². The minimum Gasteiger partial charge on any atom is -0.338 e. The predicted octanol–water partition coefficient (Wildman–Crippen LogP) is 1.49. The summed E-state index contributed by atoms with van der Waals surface area (Å²) in [5.74, 6) is 0.466. The first-order chi connectivity index (χ1) is 10.5. The zero-order valence-corrected chi connectivity index (χ0v) is 13.9. The lowest BCUT2D eigenvalue weighted by Crippen LogP contribution is -2.28. The number of hydrogen-bond acceptors (Lipinski definition) is 5. The molecule has 7 heteroatoms. The van der Waals surface area contributed by atoms with E-state index in [1.165, 1.54) is 0 Å². The highest BCUT2D eigenvalue weighted by Crippen LogP contribution is 2.36. The maximum Gasteiger partial charge on any atom is 0.223 e. The van der Waals surface area contributed by atoms with Crippen molar-refractivity contribution >= 4 is 17.2 Å². The van der Waals surface area contributed by atoms with Gasteiger partial charge in [0.15, 0.2) is 0 Å². The van der Waals surface area contributed by atoms with Crippen LogP contribution in [-0.2, 0) is 18.4 Å². The highest BCUT2D eigenvalue weighted by Gasteiger charge is 2.38. The van der Waals surface area contributed by atoms with Crippen molar-refractivity contribution < 1.29 is 4.79 Å². The van der Waals surface area contributed by atoms with Crippen LogP contribution in [0.3, 0.4) is 0 Å². The number of aryl methyl sites for hydroxylation is 2. The molecule has 1 N–H and O–H groups in total. The van der Waals surface area contributed by atoms with E-state index < -0.39 is 0 Å². The standard InChI is InChI=1S/C15H21N5OS/c1-10-9-22-13(18-10)7-16-5-11-4-14(21)20(3)15(11)12-6-17-19(2)8-12/h6,8-9,11,15-16H,4-5,7H2,1-3H3/t11-,15+/m0/s1. The average molecular weight is 319 g/mol. The molecule has 0 radical (unpaired) electrons. The van der Waals surface area contributed by atoms with Crippen LogP contribution in [0.15, 0.2) is 17.8 Å². The molecule has 3 rings (SSSR count). The van der Waals surface area contributed by atoms with Crippen LogP contribution in [0, 0.1) is 12.8 Å². The third-order valence-corrected chi connectivity index (χ3v) is 5.08. The SMILES string of the molecule is Cc1csc(CNC[C@@H]2CC(=O)N(C)[C@H]2c2cnn(C)c2)n1. The number of rotatable bonds is 5. The lowest BCUT2D eigenvalue weighted by Gasteiger charge is -2.24. The van der Waals surface area contributed by atoms with Crippen LogP contribution < -0.4 is 5.32 Å². The normalized spacial score (nSPS) is 21.8. The van der Waals surface area contributed by atoms with Crippen molar-refractivity contribution in [1.82, 2.24) is 25.0 Å². The van der Waals surface area contributed by atoms with Crippen molar-refractivity contribution in [1.29, 1.82) is 0 Å². The van der Waals surface area contributed by atoms with E-state index in [9.17, 15) is 4.79 Å². The molecule has 2 aromatic heterocycles. The molecule has 2 aromatic rings. The summed E-state index contributed by atoms with van der Waals surface area (Å²) in [6.45, 7) is 3.56. The van der Waals surface area contributed by atoms with Crippen LogP contribution in [-0.4, -0.2) is 39.2 Å². The largest absolute Gasteiger partial charge is 0.338 e. The molecular weight excluding hydrogens is 298 g/mol. The minimum absolute atomic E-state index is 0.103. The molecular formula is C15H21N5OS. The van der Waals surface area contributed by atoms with Gasteiger partial charge in [0.25, 0.3) is 0 Å². The number of amides is 1. The van der Waals surface area contributed by atoms with Crippen LogP contribution in [0.5, 0.6) is 0 Å². The summed E-state index contributed by atoms with van der Waals surface area (Å²) < 4.78 is 1.79. The Labute approximate surface area is 134 Å². The Balaban J connectivity index is 1.64. The molecule has 22 heavy (non-hydrogen) atoms. The molecule has 118 valence electrons. The van der Waals surface area contributed by atoms with E-state index in [-0.39, 0.29) is 17.9 Å². The van der Waals surface area contributed by atoms with Gasteiger partial charge in [-0.1, -0.05) is 0 Å². The highest BCUT2D eigenvalue weighted by molar-refractivity contribution is 7.09. The molecule has 6 nitrogen and oxygen atoms in total. The molecule has 0 spiro atoms. The fourth-order valence-corrected chi connectivity index (χ4v) is 3.81. The summed E-state index contributed by atoms with van der Waals surface area (Å²) in [7, 11) is 3.78. The number of nitrogens with zero attached hydrogens (tertiary/aromatic N) is 4. The van der Waals surface area contributed by atoms with Crippen molar-refractivity contribution in [2.75, 3.05) is 13.6 Å². The predicted molar refractivity (Wildman–Crippen MR) is 85.4 cm³/mol. The summed E-state index contributed by atoms with van der Waals surface area (Å²) in [6.07, 6.45) is 4.44. The monoisotopic (exact) mass is 319 g/mol. The molecule has 1 fully saturated rings. The van der Waals surface area contributed by atoms with Gasteiger partial charge in [-0.2, -0.15) is 5.10 Å². The average Bonchev–Trinajstić information content (AvgIpc) is 3.13. The van der Waals surface area contributed by atoms with Gasteiger partial charge in [-0.05, 0) is 6.92 Å². The quantitative estimate of drug-likeness (QED) is 0.907. The number of nitrogens with one attached hydrogen (secondary N) is 1. The maximum absolute atomic E-state index is 12.1. The van der Waals surface area contributed by atoms with Crippen molar-refractivity contribution in [2.24, 2.45) is 13.0 Å². The Morgan fingerprint density at radius 2 is 2.27 bits per heavy atom. The van der Waals surface area contributed by atoms with Crippen molar-refractivity contribution in [3.8, 4) is 0 Å². The van der Waals surface area contributed by atoms with Crippen LogP contribution >= 0.6 is 11.3 Å². The van der Waals surface area contributed by atoms with Crippen molar-refractivity contribution in [3.63, 3.8) is 0 Å². The van der Waals surface area contributed by atoms with Crippen LogP contribution in [0.1, 0.15) is 28.7 Å². The first-order valence-corrected chi connectivity index (χ1v) is 8.28. The lowest BCUT2D eigenvalue weighted by molar-refractivity contribution is -0.127. The molecule has 1 aliphatic heterocycles. The minimum atomic E-state index is 0.103. The molecule has 0 saturated carbocycles. The third-order valence-electron chi connectivity index (χ3n) is 4.11. The molecule has 1 saturated heterocycles. The van der Waals surface area contributed by atoms with Crippen molar-refractivity contribution in [2.45, 2.75) is 25.9 Å². The topological polar surface area (TPSA) is 63.1 Å². The van der Waals surface area contributed by atoms with Gasteiger partial charge >= 0.3 is 0 Å². The number of aromatic nitrogens is 3. The first kappa shape index (κ1) is 15.2. The number of hydrogen-bond donors (Lipinski definition) is 1. The second-order valence-electron chi connectivity index (χ2n) is 5.87. The zero-order chi connectivity index (χ0) is 15.7. The van der Waals surface area contributed by atoms with Crippen molar-refractivity contribution in [3.05, 3.63) is 34.0 Å². The summed E-state index contributed by atoms with van der Waals surface area (Å²) in [5, 5.41) is 10.8. The Bertz CT molecular complexity index is 664. The van der Waals surface area contributed by atoms with Gasteiger partial charge in [-0.3, -0.25) is 9.48 Å². The maximum atomic E-state index is 12.1. The van der Waals surface area contributed by atoms with E-state index in [0.29, 0.717) is 6.42 Å². The number of carbonyl (C=O) groups excluding carboxylic acids is 1. The lowest BCUT2D eigenvalue weighted by atomic mass is 9.96. The van der Waals surface area contributed by atoms with Crippen LogP contribution in [0.4, 0.5) is 0 Å². The smallest absolute Gasteiger partial charge is 0.223 e. The van der Waals surface area contributed by atoms with E-state index in [0.717, 1.165) is 29.4 Å². The van der Waals surface area contributed by atoms with Gasteiger partial charge in [0, 0.05) is 62.4 Å². The van der Waals surface area contributed by atoms with E-state index >= 15 is 0 Å². The molecule has 3 heterocycles. The molecule has 1 amide bonds. The summed E-state index contributed by atoms with van der Waals surface area (Å²) >= 11 is 1.67. The van der Waals surface area contributed by atoms with Gasteiger partial charge in [0.05, 0.1) is 12.2 Å². The highest BCUT2D eigenvalue weighted by atomic mass is 32.1. The molecule has 0 unspecified atom stereocenters. The Morgan fingerprint density at radius 3 is 2.91 bits per heavy atom. The number of likely N-dealkylation sites (tertiary alicyclic amines) is 1. The fourth-order valence-electron chi connectivity index (χ4n) is 3.07. The second kappa shape index (κ2) is 6.18. The fraction of sp³-hybridized carbons (Fsp3) is 0.533. The van der Waals surface area contributed by atoms with Gasteiger partial charge in [0.2, 0.25) is 5.91 Å². The summed E-state index contributed by atoms with van der Waals surface area (Å²) in [4.78, 5) is 18.4. The third kappa shape index (κ3) is 3.05. The van der Waals surface area contributed by atoms with Gasteiger partial charge in [0.1, 0.15) is 5.01 Å². The van der Waals surface area contributed by atoms with E-state index in [2.05, 4.69) is 20.8 Å². The molecule has 2 atom stereocenters. The van der Waals surface area contributed by atoms with Gasteiger partial charge in [-0.15, -0.1) is 11.3 Å². The van der Waals surface area contributed by atoms with Gasteiger partial charge < -0.3 is 10.2 Å². The Hall–Kier alpha value is -1.73. The Kier molecular flexibility index (Phi) is 4.26. The van der Waals surface area contributed by atoms with Crippen LogP contribution in [0.2, 0.25) is 0 Å². The summed E-state index contributed by atoms with van der Waals surface area (Å²) in [5.41, 5.74) is 2.17. The number of thiazole rings is 1. The van der Waals surface area contributed by atoms with Gasteiger partial charge in [-0.25, -0.2) is 4.98 Å². The molecule has 1 aliphatic rings. The van der Waals surface area contributed by atoms with Crippen LogP contribution in [0.25, 0.3) is 0 Å². The summed E-state index contributed by atoms with van der Waals surface area (Å²) in [6, 6.07) is 0.103. The van der Waals surface area contributed by atoms with E-state index in [1.54, 1.807) is 16.0 Å². The number of carbonyl (C=O) groups is 1. The molecule has 0 aromatic carbocycles. The second-order valence-corrected chi connectivity index (χ2v) is 6.82. The van der Waals surface area contributed by atoms with E-state index in [1.807, 2.05) is 38.3 Å². The first-order valence-electron chi connectivity index (χ1n) is 7.40. The zero-order valence-electron chi connectivity index (χ0n) is 13.1. The Morgan fingerprint density at radius 1 is 1.45 bits per heavy atom. The molecule has 0 aliphatic carbocycles. The molecule has 0 bridgehead atoms.